The van der Waals surface area contributed by atoms with Crippen molar-refractivity contribution in [2.75, 3.05) is 6.54 Å². The molecule has 6 heteroatoms. The molecule has 6 nitrogen and oxygen atoms in total. The number of hydrogen-bond acceptors (Lipinski definition) is 3. The summed E-state index contributed by atoms with van der Waals surface area (Å²) in [4.78, 5) is 14.8. The molecule has 0 radical (unpaired) electrons. The fourth-order valence-corrected chi connectivity index (χ4v) is 3.57. The van der Waals surface area contributed by atoms with Gasteiger partial charge in [0.25, 0.3) is 0 Å². The average Bonchev–Trinajstić information content (AvgIpc) is 3.11. The third-order valence-electron chi connectivity index (χ3n) is 4.82. The second-order valence-electron chi connectivity index (χ2n) is 6.87. The molecule has 1 amide bonds. The SMILES string of the molecule is Cc1cc(C)n(C[C@H]2CCCCN2C(=O)CCc2cnn(C)c2)n1. The van der Waals surface area contributed by atoms with Crippen LogP contribution < -0.4 is 0 Å². The Hall–Kier alpha value is -2.11. The Bertz CT molecular complexity index is 702. The van der Waals surface area contributed by atoms with Gasteiger partial charge in [0.1, 0.15) is 0 Å². The van der Waals surface area contributed by atoms with E-state index in [2.05, 4.69) is 28.1 Å². The molecule has 3 heterocycles. The van der Waals surface area contributed by atoms with Crippen LogP contribution in [0.3, 0.4) is 0 Å². The molecule has 0 unspecified atom stereocenters. The van der Waals surface area contributed by atoms with E-state index in [1.165, 1.54) is 12.1 Å². The molecule has 3 rings (SSSR count). The smallest absolute Gasteiger partial charge is 0.223 e. The predicted molar refractivity (Wildman–Crippen MR) is 92.6 cm³/mol. The van der Waals surface area contributed by atoms with Gasteiger partial charge in [-0.1, -0.05) is 0 Å². The van der Waals surface area contributed by atoms with Gasteiger partial charge in [0.2, 0.25) is 5.91 Å². The number of piperidine rings is 1. The van der Waals surface area contributed by atoms with Crippen molar-refractivity contribution < 1.29 is 4.79 Å². The van der Waals surface area contributed by atoms with E-state index in [1.807, 2.05) is 31.0 Å². The molecule has 2 aromatic rings. The highest BCUT2D eigenvalue weighted by molar-refractivity contribution is 5.76. The van der Waals surface area contributed by atoms with Gasteiger partial charge in [0.15, 0.2) is 0 Å². The first-order valence-corrected chi connectivity index (χ1v) is 8.81. The highest BCUT2D eigenvalue weighted by Gasteiger charge is 2.27. The fraction of sp³-hybridized carbons (Fsp3) is 0.611. The molecule has 24 heavy (non-hydrogen) atoms. The summed E-state index contributed by atoms with van der Waals surface area (Å²) in [6, 6.07) is 2.36. The van der Waals surface area contributed by atoms with Crippen molar-refractivity contribution >= 4 is 5.91 Å². The van der Waals surface area contributed by atoms with E-state index in [0.29, 0.717) is 6.42 Å². The molecule has 1 saturated heterocycles. The maximum absolute atomic E-state index is 12.7. The van der Waals surface area contributed by atoms with Crippen molar-refractivity contribution in [3.63, 3.8) is 0 Å². The van der Waals surface area contributed by atoms with E-state index in [4.69, 9.17) is 0 Å². The number of aryl methyl sites for hydroxylation is 4. The minimum Gasteiger partial charge on any atom is -0.338 e. The minimum atomic E-state index is 0.255. The zero-order valence-corrected chi connectivity index (χ0v) is 14.9. The topological polar surface area (TPSA) is 56.0 Å². The predicted octanol–water partition coefficient (Wildman–Crippen LogP) is 2.25. The average molecular weight is 329 g/mol. The summed E-state index contributed by atoms with van der Waals surface area (Å²) in [5, 5.41) is 8.73. The highest BCUT2D eigenvalue weighted by atomic mass is 16.2. The zero-order chi connectivity index (χ0) is 17.1. The summed E-state index contributed by atoms with van der Waals surface area (Å²) in [6.45, 7) is 5.77. The van der Waals surface area contributed by atoms with Crippen molar-refractivity contribution in [2.45, 2.75) is 58.5 Å². The number of carbonyl (C=O) groups is 1. The Kier molecular flexibility index (Phi) is 5.02. The molecular weight excluding hydrogens is 302 g/mol. The molecule has 0 spiro atoms. The number of likely N-dealkylation sites (tertiary alicyclic amines) is 1. The first-order chi connectivity index (χ1) is 11.5. The third-order valence-corrected chi connectivity index (χ3v) is 4.82. The lowest BCUT2D eigenvalue weighted by atomic mass is 10.0. The van der Waals surface area contributed by atoms with Gasteiger partial charge in [-0.05, 0) is 51.2 Å². The summed E-state index contributed by atoms with van der Waals surface area (Å²) in [7, 11) is 1.90. The van der Waals surface area contributed by atoms with Crippen LogP contribution >= 0.6 is 0 Å². The van der Waals surface area contributed by atoms with Crippen LogP contribution in [0.2, 0.25) is 0 Å². The number of aromatic nitrogens is 4. The molecule has 0 bridgehead atoms. The van der Waals surface area contributed by atoms with Crippen LogP contribution in [0.5, 0.6) is 0 Å². The summed E-state index contributed by atoms with van der Waals surface area (Å²) < 4.78 is 3.83. The lowest BCUT2D eigenvalue weighted by molar-refractivity contribution is -0.135. The van der Waals surface area contributed by atoms with Crippen LogP contribution in [0, 0.1) is 13.8 Å². The Labute approximate surface area is 143 Å². The van der Waals surface area contributed by atoms with Crippen LogP contribution in [-0.2, 0) is 24.8 Å². The van der Waals surface area contributed by atoms with Crippen molar-refractivity contribution in [1.29, 1.82) is 0 Å². The second kappa shape index (κ2) is 7.20. The van der Waals surface area contributed by atoms with Crippen LogP contribution in [-0.4, -0.2) is 43.0 Å². The minimum absolute atomic E-state index is 0.255. The van der Waals surface area contributed by atoms with E-state index in [1.54, 1.807) is 4.68 Å². The largest absolute Gasteiger partial charge is 0.338 e. The van der Waals surface area contributed by atoms with E-state index in [9.17, 15) is 4.79 Å². The molecule has 130 valence electrons. The van der Waals surface area contributed by atoms with E-state index in [-0.39, 0.29) is 11.9 Å². The Morgan fingerprint density at radius 1 is 1.33 bits per heavy atom. The van der Waals surface area contributed by atoms with E-state index in [0.717, 1.165) is 43.6 Å². The van der Waals surface area contributed by atoms with Crippen LogP contribution in [0.25, 0.3) is 0 Å². The Balaban J connectivity index is 1.62. The first kappa shape index (κ1) is 16.7. The van der Waals surface area contributed by atoms with Crippen molar-refractivity contribution in [3.05, 3.63) is 35.4 Å². The van der Waals surface area contributed by atoms with Gasteiger partial charge in [0, 0.05) is 31.9 Å². The molecule has 0 aliphatic carbocycles. The van der Waals surface area contributed by atoms with Gasteiger partial charge in [-0.15, -0.1) is 0 Å². The van der Waals surface area contributed by atoms with E-state index >= 15 is 0 Å². The van der Waals surface area contributed by atoms with Crippen LogP contribution in [0.1, 0.15) is 42.6 Å². The lowest BCUT2D eigenvalue weighted by Crippen LogP contribution is -2.46. The fourth-order valence-electron chi connectivity index (χ4n) is 3.57. The summed E-state index contributed by atoms with van der Waals surface area (Å²) in [5.74, 6) is 0.255. The highest BCUT2D eigenvalue weighted by Crippen LogP contribution is 2.21. The summed E-state index contributed by atoms with van der Waals surface area (Å²) in [6.07, 6.45) is 8.50. The van der Waals surface area contributed by atoms with Gasteiger partial charge in [-0.2, -0.15) is 10.2 Å². The number of amides is 1. The molecule has 0 aromatic carbocycles. The quantitative estimate of drug-likeness (QED) is 0.845. The Morgan fingerprint density at radius 2 is 2.17 bits per heavy atom. The zero-order valence-electron chi connectivity index (χ0n) is 14.9. The van der Waals surface area contributed by atoms with Crippen LogP contribution in [0.4, 0.5) is 0 Å². The normalized spacial score (nSPS) is 18.1. The maximum atomic E-state index is 12.7. The standard InChI is InChI=1S/C18H27N5O/c1-14-10-15(2)23(20-14)13-17-6-4-5-9-22(17)18(24)8-7-16-11-19-21(3)12-16/h10-12,17H,4-9,13H2,1-3H3/t17-/m1/s1. The molecule has 1 aliphatic rings. The van der Waals surface area contributed by atoms with Gasteiger partial charge in [-0.3, -0.25) is 14.2 Å². The van der Waals surface area contributed by atoms with Gasteiger partial charge < -0.3 is 4.90 Å². The van der Waals surface area contributed by atoms with Crippen molar-refractivity contribution in [1.82, 2.24) is 24.5 Å². The van der Waals surface area contributed by atoms with Crippen LogP contribution in [0.15, 0.2) is 18.5 Å². The molecule has 2 aromatic heterocycles. The van der Waals surface area contributed by atoms with Gasteiger partial charge >= 0.3 is 0 Å². The first-order valence-electron chi connectivity index (χ1n) is 8.81. The van der Waals surface area contributed by atoms with Crippen molar-refractivity contribution in [3.8, 4) is 0 Å². The third kappa shape index (κ3) is 3.86. The maximum Gasteiger partial charge on any atom is 0.223 e. The molecule has 1 aliphatic heterocycles. The number of rotatable bonds is 5. The Morgan fingerprint density at radius 3 is 2.83 bits per heavy atom. The molecule has 0 saturated carbocycles. The lowest BCUT2D eigenvalue weighted by Gasteiger charge is -2.36. The van der Waals surface area contributed by atoms with Gasteiger partial charge in [-0.25, -0.2) is 0 Å². The molecule has 1 atom stereocenters. The second-order valence-corrected chi connectivity index (χ2v) is 6.87. The summed E-state index contributed by atoms with van der Waals surface area (Å²) in [5.41, 5.74) is 3.33. The molecule has 0 N–H and O–H groups in total. The molecular formula is C18H27N5O. The number of hydrogen-bond donors (Lipinski definition) is 0. The number of nitrogens with zero attached hydrogens (tertiary/aromatic N) is 5. The van der Waals surface area contributed by atoms with E-state index < -0.39 is 0 Å². The summed E-state index contributed by atoms with van der Waals surface area (Å²) >= 11 is 0. The monoisotopic (exact) mass is 329 g/mol. The van der Waals surface area contributed by atoms with Crippen molar-refractivity contribution in [2.24, 2.45) is 7.05 Å². The van der Waals surface area contributed by atoms with Gasteiger partial charge in [0.05, 0.1) is 24.5 Å². The molecule has 1 fully saturated rings. The number of carbonyl (C=O) groups excluding carboxylic acids is 1.